The van der Waals surface area contributed by atoms with Crippen molar-refractivity contribution in [2.45, 2.75) is 24.5 Å². The highest BCUT2D eigenvalue weighted by Gasteiger charge is 2.43. The molecular formula is C9H13N3O5. The molecule has 0 amide bonds. The second-order valence-electron chi connectivity index (χ2n) is 3.77. The second-order valence-corrected chi connectivity index (χ2v) is 3.77. The Morgan fingerprint density at radius 1 is 1.47 bits per heavy atom. The van der Waals surface area contributed by atoms with Gasteiger partial charge < -0.3 is 25.8 Å². The highest BCUT2D eigenvalue weighted by Crippen LogP contribution is 2.27. The van der Waals surface area contributed by atoms with E-state index in [0.29, 0.717) is 0 Å². The Hall–Kier alpha value is -1.48. The van der Waals surface area contributed by atoms with Crippen molar-refractivity contribution < 1.29 is 20.1 Å². The summed E-state index contributed by atoms with van der Waals surface area (Å²) >= 11 is 0. The molecule has 0 aromatic carbocycles. The summed E-state index contributed by atoms with van der Waals surface area (Å²) in [6.45, 7) is -0.453. The number of nitrogens with zero attached hydrogens (tertiary/aromatic N) is 2. The summed E-state index contributed by atoms with van der Waals surface area (Å²) in [5, 5.41) is 28.2. The first-order valence-electron chi connectivity index (χ1n) is 5.01. The summed E-state index contributed by atoms with van der Waals surface area (Å²) in [6.07, 6.45) is -3.27. The van der Waals surface area contributed by atoms with Crippen LogP contribution in [0.5, 0.6) is 0 Å². The SMILES string of the molecule is Nc1ccn([C@H]2O[C@@H](CO)[C@@H](O)[C@H]2O)c(=O)n1. The van der Waals surface area contributed by atoms with Crippen LogP contribution in [0.25, 0.3) is 0 Å². The van der Waals surface area contributed by atoms with E-state index in [2.05, 4.69) is 4.98 Å². The number of aliphatic hydroxyl groups is 3. The molecule has 0 unspecified atom stereocenters. The zero-order valence-corrected chi connectivity index (χ0v) is 8.80. The largest absolute Gasteiger partial charge is 0.394 e. The summed E-state index contributed by atoms with van der Waals surface area (Å²) in [6, 6.07) is 1.37. The smallest absolute Gasteiger partial charge is 0.351 e. The van der Waals surface area contributed by atoms with Crippen LogP contribution in [0.15, 0.2) is 17.1 Å². The van der Waals surface area contributed by atoms with Gasteiger partial charge in [-0.15, -0.1) is 0 Å². The first kappa shape index (κ1) is 12.0. The third-order valence-electron chi connectivity index (χ3n) is 2.64. The molecule has 0 bridgehead atoms. The molecular weight excluding hydrogens is 230 g/mol. The molecule has 0 radical (unpaired) electrons. The molecule has 1 aliphatic heterocycles. The molecule has 4 atom stereocenters. The minimum Gasteiger partial charge on any atom is -0.394 e. The van der Waals surface area contributed by atoms with Crippen molar-refractivity contribution in [2.24, 2.45) is 0 Å². The minimum atomic E-state index is -1.31. The van der Waals surface area contributed by atoms with Crippen LogP contribution < -0.4 is 11.4 Å². The molecule has 2 rings (SSSR count). The van der Waals surface area contributed by atoms with Crippen LogP contribution in [0, 0.1) is 0 Å². The number of anilines is 1. The van der Waals surface area contributed by atoms with E-state index in [9.17, 15) is 15.0 Å². The number of aliphatic hydroxyl groups excluding tert-OH is 3. The fraction of sp³-hybridized carbons (Fsp3) is 0.556. The molecule has 2 heterocycles. The lowest BCUT2D eigenvalue weighted by molar-refractivity contribution is -0.0549. The van der Waals surface area contributed by atoms with Crippen LogP contribution in [-0.2, 0) is 4.74 Å². The lowest BCUT2D eigenvalue weighted by Gasteiger charge is -2.16. The first-order valence-corrected chi connectivity index (χ1v) is 5.01. The van der Waals surface area contributed by atoms with Crippen molar-refractivity contribution in [3.05, 3.63) is 22.7 Å². The predicted octanol–water partition coefficient (Wildman–Crippen LogP) is -2.56. The molecule has 5 N–H and O–H groups in total. The molecule has 1 saturated heterocycles. The molecule has 17 heavy (non-hydrogen) atoms. The van der Waals surface area contributed by atoms with Crippen LogP contribution in [0.3, 0.4) is 0 Å². The van der Waals surface area contributed by atoms with Gasteiger partial charge in [-0.05, 0) is 6.07 Å². The van der Waals surface area contributed by atoms with Gasteiger partial charge in [-0.25, -0.2) is 4.79 Å². The molecule has 0 spiro atoms. The first-order chi connectivity index (χ1) is 8.04. The highest BCUT2D eigenvalue weighted by molar-refractivity contribution is 5.23. The maximum atomic E-state index is 11.5. The van der Waals surface area contributed by atoms with Gasteiger partial charge in [0.15, 0.2) is 6.23 Å². The van der Waals surface area contributed by atoms with E-state index in [1.165, 1.54) is 12.3 Å². The molecule has 1 aromatic rings. The maximum absolute atomic E-state index is 11.5. The van der Waals surface area contributed by atoms with Gasteiger partial charge in [-0.2, -0.15) is 4.98 Å². The average molecular weight is 243 g/mol. The number of ether oxygens (including phenoxy) is 1. The van der Waals surface area contributed by atoms with Crippen molar-refractivity contribution in [1.29, 1.82) is 0 Å². The third-order valence-corrected chi connectivity index (χ3v) is 2.64. The zero-order valence-electron chi connectivity index (χ0n) is 8.80. The fourth-order valence-electron chi connectivity index (χ4n) is 1.73. The van der Waals surface area contributed by atoms with Crippen LogP contribution in [0.2, 0.25) is 0 Å². The van der Waals surface area contributed by atoms with Crippen molar-refractivity contribution in [3.63, 3.8) is 0 Å². The quantitative estimate of drug-likeness (QED) is 0.449. The van der Waals surface area contributed by atoms with Crippen molar-refractivity contribution >= 4 is 5.82 Å². The predicted molar refractivity (Wildman–Crippen MR) is 55.9 cm³/mol. The van der Waals surface area contributed by atoms with Gasteiger partial charge in [0.1, 0.15) is 24.1 Å². The van der Waals surface area contributed by atoms with E-state index < -0.39 is 36.8 Å². The van der Waals surface area contributed by atoms with Crippen LogP contribution in [0.1, 0.15) is 6.23 Å². The van der Waals surface area contributed by atoms with E-state index in [1.54, 1.807) is 0 Å². The van der Waals surface area contributed by atoms with E-state index in [0.717, 1.165) is 4.57 Å². The topological polar surface area (TPSA) is 131 Å². The average Bonchev–Trinajstić information content (AvgIpc) is 2.57. The van der Waals surface area contributed by atoms with Crippen LogP contribution in [0.4, 0.5) is 5.82 Å². The maximum Gasteiger partial charge on any atom is 0.351 e. The Kier molecular flexibility index (Phi) is 3.11. The standard InChI is InChI=1S/C9H13N3O5/c10-5-1-2-12(9(16)11-5)8-7(15)6(14)4(3-13)17-8/h1-2,4,6-8,13-15H,3H2,(H2,10,11,16)/t4-,6+,7+,8-/m0/s1. The molecule has 1 aromatic heterocycles. The number of hydrogen-bond donors (Lipinski definition) is 4. The Morgan fingerprint density at radius 2 is 2.18 bits per heavy atom. The van der Waals surface area contributed by atoms with Gasteiger partial charge in [0.05, 0.1) is 6.61 Å². The molecule has 94 valence electrons. The van der Waals surface area contributed by atoms with E-state index in [1.807, 2.05) is 0 Å². The van der Waals surface area contributed by atoms with E-state index in [-0.39, 0.29) is 5.82 Å². The minimum absolute atomic E-state index is 0.0537. The number of rotatable bonds is 2. The summed E-state index contributed by atoms with van der Waals surface area (Å²) in [7, 11) is 0. The normalized spacial score (nSPS) is 32.9. The number of hydrogen-bond acceptors (Lipinski definition) is 7. The van der Waals surface area contributed by atoms with Gasteiger partial charge in [0, 0.05) is 6.20 Å². The van der Waals surface area contributed by atoms with E-state index >= 15 is 0 Å². The van der Waals surface area contributed by atoms with Gasteiger partial charge in [-0.1, -0.05) is 0 Å². The lowest BCUT2D eigenvalue weighted by Crippen LogP contribution is -2.36. The lowest BCUT2D eigenvalue weighted by atomic mass is 10.1. The van der Waals surface area contributed by atoms with Crippen LogP contribution >= 0.6 is 0 Å². The van der Waals surface area contributed by atoms with Crippen LogP contribution in [-0.4, -0.2) is 49.8 Å². The zero-order chi connectivity index (χ0) is 12.6. The fourth-order valence-corrected chi connectivity index (χ4v) is 1.73. The monoisotopic (exact) mass is 243 g/mol. The molecule has 8 nitrogen and oxygen atoms in total. The molecule has 0 saturated carbocycles. The molecule has 0 aliphatic carbocycles. The van der Waals surface area contributed by atoms with Crippen molar-refractivity contribution in [3.8, 4) is 0 Å². The number of nitrogens with two attached hydrogens (primary N) is 1. The highest BCUT2D eigenvalue weighted by atomic mass is 16.6. The molecule has 1 aliphatic rings. The van der Waals surface area contributed by atoms with Gasteiger partial charge in [0.2, 0.25) is 0 Å². The van der Waals surface area contributed by atoms with Gasteiger partial charge in [0.25, 0.3) is 0 Å². The Labute approximate surface area is 95.9 Å². The van der Waals surface area contributed by atoms with E-state index in [4.69, 9.17) is 15.6 Å². The summed E-state index contributed by atoms with van der Waals surface area (Å²) in [5.74, 6) is 0.0537. The van der Waals surface area contributed by atoms with Crippen molar-refractivity contribution in [1.82, 2.24) is 9.55 Å². The summed E-state index contributed by atoms with van der Waals surface area (Å²) in [4.78, 5) is 15.0. The Balaban J connectivity index is 2.32. The Morgan fingerprint density at radius 3 is 2.71 bits per heavy atom. The number of aromatic nitrogens is 2. The van der Waals surface area contributed by atoms with Gasteiger partial charge >= 0.3 is 5.69 Å². The number of nitrogen functional groups attached to an aromatic ring is 1. The third kappa shape index (κ3) is 2.03. The Bertz CT molecular complexity index is 462. The van der Waals surface area contributed by atoms with Crippen molar-refractivity contribution in [2.75, 3.05) is 12.3 Å². The van der Waals surface area contributed by atoms with Gasteiger partial charge in [-0.3, -0.25) is 4.57 Å². The summed E-state index contributed by atoms with van der Waals surface area (Å²) < 4.78 is 6.19. The molecule has 8 heteroatoms. The second kappa shape index (κ2) is 4.41. The summed E-state index contributed by atoms with van der Waals surface area (Å²) in [5.41, 5.74) is 4.63. The molecule has 1 fully saturated rings.